The van der Waals surface area contributed by atoms with Crippen molar-refractivity contribution in [2.45, 2.75) is 44.2 Å². The summed E-state index contributed by atoms with van der Waals surface area (Å²) in [5.74, 6) is 0.959. The van der Waals surface area contributed by atoms with Gasteiger partial charge in [-0.3, -0.25) is 4.79 Å². The van der Waals surface area contributed by atoms with Gasteiger partial charge in [0.15, 0.2) is 0 Å². The van der Waals surface area contributed by atoms with Gasteiger partial charge in [0.2, 0.25) is 5.91 Å². The average molecular weight is 212 g/mol. The van der Waals surface area contributed by atoms with Crippen LogP contribution in [-0.4, -0.2) is 29.7 Å². The van der Waals surface area contributed by atoms with Crippen molar-refractivity contribution in [1.82, 2.24) is 5.32 Å². The summed E-state index contributed by atoms with van der Waals surface area (Å²) in [6, 6.07) is 0.0167. The zero-order valence-electron chi connectivity index (χ0n) is 8.98. The lowest BCUT2D eigenvalue weighted by Crippen LogP contribution is -2.37. The number of amides is 1. The minimum Gasteiger partial charge on any atom is -0.391 e. The third-order valence-corrected chi connectivity index (χ3v) is 3.32. The molecule has 2 unspecified atom stereocenters. The van der Waals surface area contributed by atoms with Crippen molar-refractivity contribution in [3.63, 3.8) is 0 Å². The summed E-state index contributed by atoms with van der Waals surface area (Å²) in [6.07, 6.45) is 4.57. The molecule has 2 aliphatic rings. The van der Waals surface area contributed by atoms with Crippen molar-refractivity contribution in [1.29, 1.82) is 0 Å². The Hall–Kier alpha value is -0.610. The number of nitrogens with two attached hydrogens (primary N) is 1. The Morgan fingerprint density at radius 1 is 1.33 bits per heavy atom. The molecule has 0 heterocycles. The summed E-state index contributed by atoms with van der Waals surface area (Å²) >= 11 is 0. The van der Waals surface area contributed by atoms with E-state index in [-0.39, 0.29) is 18.1 Å². The SMILES string of the molecule is NC(CC(=O)NCC(O)C1CC1)C1CC1. The molecule has 1 amide bonds. The molecule has 0 bridgehead atoms. The number of carbonyl (C=O) groups excluding carboxylic acids is 1. The van der Waals surface area contributed by atoms with Crippen LogP contribution < -0.4 is 11.1 Å². The lowest BCUT2D eigenvalue weighted by atomic mass is 10.1. The van der Waals surface area contributed by atoms with Gasteiger partial charge in [0.1, 0.15) is 0 Å². The van der Waals surface area contributed by atoms with Crippen molar-refractivity contribution in [2.24, 2.45) is 17.6 Å². The molecule has 2 aliphatic carbocycles. The highest BCUT2D eigenvalue weighted by Gasteiger charge is 2.31. The molecule has 2 saturated carbocycles. The number of aliphatic hydroxyl groups is 1. The molecular formula is C11H20N2O2. The molecule has 4 nitrogen and oxygen atoms in total. The highest BCUT2D eigenvalue weighted by Crippen LogP contribution is 2.33. The lowest BCUT2D eigenvalue weighted by Gasteiger charge is -2.13. The lowest BCUT2D eigenvalue weighted by molar-refractivity contribution is -0.122. The summed E-state index contributed by atoms with van der Waals surface area (Å²) in [5.41, 5.74) is 5.84. The van der Waals surface area contributed by atoms with Gasteiger partial charge in [-0.2, -0.15) is 0 Å². The zero-order valence-corrected chi connectivity index (χ0v) is 8.98. The van der Waals surface area contributed by atoms with Gasteiger partial charge in [-0.1, -0.05) is 0 Å². The maximum atomic E-state index is 11.4. The molecule has 2 atom stereocenters. The minimum absolute atomic E-state index is 0.0167. The molecular weight excluding hydrogens is 192 g/mol. The molecule has 0 aromatic heterocycles. The third-order valence-electron chi connectivity index (χ3n) is 3.32. The fourth-order valence-corrected chi connectivity index (χ4v) is 1.84. The number of hydrogen-bond acceptors (Lipinski definition) is 3. The van der Waals surface area contributed by atoms with E-state index in [4.69, 9.17) is 5.73 Å². The van der Waals surface area contributed by atoms with E-state index < -0.39 is 0 Å². The van der Waals surface area contributed by atoms with E-state index >= 15 is 0 Å². The topological polar surface area (TPSA) is 75.4 Å². The number of rotatable bonds is 6. The second kappa shape index (κ2) is 4.49. The van der Waals surface area contributed by atoms with E-state index in [1.807, 2.05) is 0 Å². The van der Waals surface area contributed by atoms with E-state index in [1.165, 1.54) is 12.8 Å². The van der Waals surface area contributed by atoms with Crippen molar-refractivity contribution >= 4 is 5.91 Å². The van der Waals surface area contributed by atoms with Gasteiger partial charge in [-0.15, -0.1) is 0 Å². The van der Waals surface area contributed by atoms with E-state index in [2.05, 4.69) is 5.32 Å². The molecule has 4 heteroatoms. The molecule has 0 radical (unpaired) electrons. The Labute approximate surface area is 90.2 Å². The maximum Gasteiger partial charge on any atom is 0.221 e. The van der Waals surface area contributed by atoms with Gasteiger partial charge >= 0.3 is 0 Å². The summed E-state index contributed by atoms with van der Waals surface area (Å²) < 4.78 is 0. The first-order chi connectivity index (χ1) is 7.16. The van der Waals surface area contributed by atoms with Crippen molar-refractivity contribution in [3.8, 4) is 0 Å². The number of hydrogen-bond donors (Lipinski definition) is 3. The van der Waals surface area contributed by atoms with Crippen molar-refractivity contribution < 1.29 is 9.90 Å². The van der Waals surface area contributed by atoms with Crippen LogP contribution in [0.15, 0.2) is 0 Å². The standard InChI is InChI=1S/C11H20N2O2/c12-9(7-1-2-7)5-11(15)13-6-10(14)8-3-4-8/h7-10,14H,1-6,12H2,(H,13,15). The van der Waals surface area contributed by atoms with E-state index in [1.54, 1.807) is 0 Å². The van der Waals surface area contributed by atoms with Crippen LogP contribution in [0.2, 0.25) is 0 Å². The Morgan fingerprint density at radius 3 is 2.47 bits per heavy atom. The predicted molar refractivity (Wildman–Crippen MR) is 57.1 cm³/mol. The van der Waals surface area contributed by atoms with Gasteiger partial charge in [-0.05, 0) is 37.5 Å². The molecule has 2 rings (SSSR count). The monoisotopic (exact) mass is 212 g/mol. The average Bonchev–Trinajstić information content (AvgIpc) is 3.06. The van der Waals surface area contributed by atoms with Gasteiger partial charge in [0.25, 0.3) is 0 Å². The fourth-order valence-electron chi connectivity index (χ4n) is 1.84. The third kappa shape index (κ3) is 3.47. The first kappa shape index (κ1) is 10.9. The Bertz CT molecular complexity index is 237. The van der Waals surface area contributed by atoms with Crippen LogP contribution in [0.25, 0.3) is 0 Å². The van der Waals surface area contributed by atoms with Crippen molar-refractivity contribution in [2.75, 3.05) is 6.54 Å². The largest absolute Gasteiger partial charge is 0.391 e. The van der Waals surface area contributed by atoms with Crippen LogP contribution in [0.3, 0.4) is 0 Å². The van der Waals surface area contributed by atoms with Gasteiger partial charge in [0.05, 0.1) is 6.10 Å². The molecule has 0 saturated heterocycles. The Morgan fingerprint density at radius 2 is 1.93 bits per heavy atom. The molecule has 2 fully saturated rings. The highest BCUT2D eigenvalue weighted by atomic mass is 16.3. The predicted octanol–water partition coefficient (Wildman–Crippen LogP) is 0.000900. The molecule has 15 heavy (non-hydrogen) atoms. The second-order valence-corrected chi connectivity index (χ2v) is 4.91. The Kier molecular flexibility index (Phi) is 3.26. The molecule has 0 spiro atoms. The normalized spacial score (nSPS) is 24.7. The summed E-state index contributed by atoms with van der Waals surface area (Å²) in [7, 11) is 0. The molecule has 0 aromatic carbocycles. The summed E-state index contributed by atoms with van der Waals surface area (Å²) in [4.78, 5) is 11.4. The van der Waals surface area contributed by atoms with Crippen LogP contribution >= 0.6 is 0 Å². The molecule has 0 aliphatic heterocycles. The van der Waals surface area contributed by atoms with Crippen LogP contribution in [0.4, 0.5) is 0 Å². The van der Waals surface area contributed by atoms with Crippen LogP contribution in [0.1, 0.15) is 32.1 Å². The van der Waals surface area contributed by atoms with E-state index in [9.17, 15) is 9.90 Å². The molecule has 0 aromatic rings. The van der Waals surface area contributed by atoms with E-state index in [0.717, 1.165) is 12.8 Å². The first-order valence-corrected chi connectivity index (χ1v) is 5.87. The summed E-state index contributed by atoms with van der Waals surface area (Å²) in [5, 5.41) is 12.3. The van der Waals surface area contributed by atoms with Crippen LogP contribution in [0.5, 0.6) is 0 Å². The Balaban J connectivity index is 1.58. The number of aliphatic hydroxyl groups excluding tert-OH is 1. The number of nitrogens with one attached hydrogen (secondary N) is 1. The first-order valence-electron chi connectivity index (χ1n) is 5.87. The minimum atomic E-state index is -0.355. The smallest absolute Gasteiger partial charge is 0.221 e. The quantitative estimate of drug-likeness (QED) is 0.580. The highest BCUT2D eigenvalue weighted by molar-refractivity contribution is 5.76. The fraction of sp³-hybridized carbons (Fsp3) is 0.909. The van der Waals surface area contributed by atoms with E-state index in [0.29, 0.717) is 24.8 Å². The van der Waals surface area contributed by atoms with Gasteiger partial charge < -0.3 is 16.2 Å². The zero-order chi connectivity index (χ0) is 10.8. The second-order valence-electron chi connectivity index (χ2n) is 4.91. The molecule has 4 N–H and O–H groups in total. The summed E-state index contributed by atoms with van der Waals surface area (Å²) in [6.45, 7) is 0.390. The molecule has 86 valence electrons. The maximum absolute atomic E-state index is 11.4. The van der Waals surface area contributed by atoms with Gasteiger partial charge in [0, 0.05) is 19.0 Å². The van der Waals surface area contributed by atoms with Crippen molar-refractivity contribution in [3.05, 3.63) is 0 Å². The van der Waals surface area contributed by atoms with Crippen LogP contribution in [0, 0.1) is 11.8 Å². The van der Waals surface area contributed by atoms with Gasteiger partial charge in [-0.25, -0.2) is 0 Å². The van der Waals surface area contributed by atoms with Crippen LogP contribution in [-0.2, 0) is 4.79 Å². The number of carbonyl (C=O) groups is 1.